The Balaban J connectivity index is 2.28. The van der Waals surface area contributed by atoms with Gasteiger partial charge in [0.15, 0.2) is 5.65 Å². The molecule has 0 aliphatic heterocycles. The average Bonchev–Trinajstić information content (AvgIpc) is 3.19. The number of fused-ring (bicyclic) bond motifs is 3. The van der Waals surface area contributed by atoms with Crippen molar-refractivity contribution in [3.8, 4) is 22.9 Å². The van der Waals surface area contributed by atoms with Crippen molar-refractivity contribution >= 4 is 16.9 Å². The average molecular weight is 346 g/mol. The van der Waals surface area contributed by atoms with Crippen LogP contribution in [0.4, 0.5) is 5.69 Å². The van der Waals surface area contributed by atoms with Gasteiger partial charge in [0.25, 0.3) is 0 Å². The van der Waals surface area contributed by atoms with Crippen LogP contribution in [-0.2, 0) is 0 Å². The van der Waals surface area contributed by atoms with Crippen molar-refractivity contribution in [2.24, 2.45) is 0 Å². The second-order valence-corrected chi connectivity index (χ2v) is 6.35. The fraction of sp³-hybridized carbons (Fsp3) is 0.211. The Kier molecular flexibility index (Phi) is 3.37. The number of aryl methyl sites for hydroxylation is 2. The van der Waals surface area contributed by atoms with Gasteiger partial charge in [0, 0.05) is 17.5 Å². The molecule has 130 valence electrons. The molecule has 0 fully saturated rings. The van der Waals surface area contributed by atoms with E-state index in [2.05, 4.69) is 16.3 Å². The quantitative estimate of drug-likeness (QED) is 0.602. The predicted molar refractivity (Wildman–Crippen MR) is 99.3 cm³/mol. The van der Waals surface area contributed by atoms with E-state index in [1.165, 1.54) is 0 Å². The van der Waals surface area contributed by atoms with E-state index in [4.69, 9.17) is 10.5 Å². The number of hydrogen-bond acceptors (Lipinski definition) is 5. The van der Waals surface area contributed by atoms with E-state index in [-0.39, 0.29) is 0 Å². The Bertz CT molecular complexity index is 1220. The molecule has 0 amide bonds. The van der Waals surface area contributed by atoms with Gasteiger partial charge in [0.05, 0.1) is 12.8 Å². The highest BCUT2D eigenvalue weighted by Gasteiger charge is 2.24. The summed E-state index contributed by atoms with van der Waals surface area (Å²) < 4.78 is 9.19. The first-order valence-corrected chi connectivity index (χ1v) is 8.17. The van der Waals surface area contributed by atoms with Crippen molar-refractivity contribution in [2.75, 3.05) is 12.8 Å². The molecule has 0 aliphatic rings. The molecule has 0 bridgehead atoms. The summed E-state index contributed by atoms with van der Waals surface area (Å²) in [5, 5.41) is 18.0. The summed E-state index contributed by atoms with van der Waals surface area (Å²) in [5.74, 6) is 0.771. The van der Waals surface area contributed by atoms with E-state index in [9.17, 15) is 5.26 Å². The predicted octanol–water partition coefficient (Wildman–Crippen LogP) is 3.04. The van der Waals surface area contributed by atoms with E-state index in [0.29, 0.717) is 17.0 Å². The summed E-state index contributed by atoms with van der Waals surface area (Å²) in [6.45, 7) is 5.95. The molecule has 4 rings (SSSR count). The minimum atomic E-state index is 0.394. The van der Waals surface area contributed by atoms with Crippen LogP contribution in [0, 0.1) is 32.1 Å². The largest absolute Gasteiger partial charge is 0.496 e. The molecular formula is C19H18N6O. The standard InChI is InChI=1S/C19H18N6O/c1-10-5-6-14(26-4)12(3)15(10)16-17(21)13(7-20)24-8-11(2)25-9-22-23-19(25)18(16)24/h5-6,8-9H,21H2,1-4H3. The number of methoxy groups -OCH3 is 1. The third kappa shape index (κ3) is 1.93. The zero-order chi connectivity index (χ0) is 18.6. The first-order valence-electron chi connectivity index (χ1n) is 8.17. The lowest BCUT2D eigenvalue weighted by Crippen LogP contribution is -1.99. The van der Waals surface area contributed by atoms with Crippen LogP contribution in [0.3, 0.4) is 0 Å². The van der Waals surface area contributed by atoms with E-state index in [1.54, 1.807) is 13.4 Å². The van der Waals surface area contributed by atoms with Crippen LogP contribution in [-0.4, -0.2) is 26.1 Å². The highest BCUT2D eigenvalue weighted by Crippen LogP contribution is 2.42. The maximum absolute atomic E-state index is 9.71. The molecule has 7 heteroatoms. The van der Waals surface area contributed by atoms with Crippen LogP contribution in [0.15, 0.2) is 24.7 Å². The van der Waals surface area contributed by atoms with Gasteiger partial charge in [-0.25, -0.2) is 0 Å². The maximum atomic E-state index is 9.71. The van der Waals surface area contributed by atoms with Crippen molar-refractivity contribution in [3.63, 3.8) is 0 Å². The van der Waals surface area contributed by atoms with Crippen LogP contribution in [0.25, 0.3) is 22.3 Å². The third-order valence-electron chi connectivity index (χ3n) is 4.90. The zero-order valence-corrected chi connectivity index (χ0v) is 15.0. The Morgan fingerprint density at radius 2 is 1.92 bits per heavy atom. The molecule has 26 heavy (non-hydrogen) atoms. The second kappa shape index (κ2) is 5.49. The first-order chi connectivity index (χ1) is 12.5. The summed E-state index contributed by atoms with van der Waals surface area (Å²) in [6, 6.07) is 6.16. The lowest BCUT2D eigenvalue weighted by Gasteiger charge is -2.14. The summed E-state index contributed by atoms with van der Waals surface area (Å²) >= 11 is 0. The molecule has 0 radical (unpaired) electrons. The normalized spacial score (nSPS) is 11.2. The number of nitrogens with two attached hydrogens (primary N) is 1. The van der Waals surface area contributed by atoms with Crippen LogP contribution < -0.4 is 10.5 Å². The minimum absolute atomic E-state index is 0.394. The molecule has 1 aromatic carbocycles. The number of benzene rings is 1. The molecule has 0 spiro atoms. The number of nitrogen functional groups attached to an aromatic ring is 1. The number of anilines is 1. The van der Waals surface area contributed by atoms with E-state index in [0.717, 1.165) is 39.2 Å². The molecule has 3 aromatic heterocycles. The summed E-state index contributed by atoms with van der Waals surface area (Å²) in [4.78, 5) is 0. The third-order valence-corrected chi connectivity index (χ3v) is 4.90. The summed E-state index contributed by atoms with van der Waals surface area (Å²) in [5.41, 5.74) is 13.4. The fourth-order valence-corrected chi connectivity index (χ4v) is 3.66. The maximum Gasteiger partial charge on any atom is 0.185 e. The highest BCUT2D eigenvalue weighted by molar-refractivity contribution is 6.01. The first kappa shape index (κ1) is 16.0. The summed E-state index contributed by atoms with van der Waals surface area (Å²) in [7, 11) is 1.64. The van der Waals surface area contributed by atoms with E-state index in [1.807, 2.05) is 47.9 Å². The van der Waals surface area contributed by atoms with E-state index < -0.39 is 0 Å². The van der Waals surface area contributed by atoms with Crippen LogP contribution in [0.2, 0.25) is 0 Å². The molecule has 0 unspecified atom stereocenters. The number of nitriles is 1. The van der Waals surface area contributed by atoms with Crippen LogP contribution in [0.5, 0.6) is 5.75 Å². The van der Waals surface area contributed by atoms with Gasteiger partial charge < -0.3 is 14.9 Å². The number of rotatable bonds is 2. The van der Waals surface area contributed by atoms with Gasteiger partial charge >= 0.3 is 0 Å². The van der Waals surface area contributed by atoms with Crippen molar-refractivity contribution < 1.29 is 4.74 Å². The lowest BCUT2D eigenvalue weighted by atomic mass is 9.94. The van der Waals surface area contributed by atoms with Gasteiger partial charge in [-0.05, 0) is 43.5 Å². The monoisotopic (exact) mass is 346 g/mol. The van der Waals surface area contributed by atoms with Crippen molar-refractivity contribution in [1.29, 1.82) is 5.26 Å². The highest BCUT2D eigenvalue weighted by atomic mass is 16.5. The SMILES string of the molecule is COc1ccc(C)c(-c2c(N)c(C#N)n3cc(C)n4cnnc4c23)c1C. The Hall–Kier alpha value is -3.53. The zero-order valence-electron chi connectivity index (χ0n) is 15.0. The lowest BCUT2D eigenvalue weighted by molar-refractivity contribution is 0.412. The smallest absolute Gasteiger partial charge is 0.185 e. The number of aromatic nitrogens is 4. The van der Waals surface area contributed by atoms with Crippen LogP contribution in [0.1, 0.15) is 22.5 Å². The van der Waals surface area contributed by atoms with Crippen molar-refractivity contribution in [3.05, 3.63) is 47.2 Å². The van der Waals surface area contributed by atoms with Gasteiger partial charge in [0.1, 0.15) is 29.4 Å². The second-order valence-electron chi connectivity index (χ2n) is 6.35. The van der Waals surface area contributed by atoms with Gasteiger partial charge in [-0.3, -0.25) is 4.40 Å². The number of hydrogen-bond donors (Lipinski definition) is 1. The van der Waals surface area contributed by atoms with Crippen molar-refractivity contribution in [2.45, 2.75) is 20.8 Å². The molecule has 0 saturated heterocycles. The van der Waals surface area contributed by atoms with Gasteiger partial charge in [0.2, 0.25) is 0 Å². The fourth-order valence-electron chi connectivity index (χ4n) is 3.66. The molecule has 4 aromatic rings. The van der Waals surface area contributed by atoms with Crippen LogP contribution >= 0.6 is 0 Å². The van der Waals surface area contributed by atoms with Crippen molar-refractivity contribution in [1.82, 2.24) is 19.0 Å². The molecule has 7 nitrogen and oxygen atoms in total. The molecule has 0 saturated carbocycles. The summed E-state index contributed by atoms with van der Waals surface area (Å²) in [6.07, 6.45) is 3.55. The van der Waals surface area contributed by atoms with Gasteiger partial charge in [-0.15, -0.1) is 10.2 Å². The van der Waals surface area contributed by atoms with E-state index >= 15 is 0 Å². The number of ether oxygens (including phenoxy) is 1. The molecule has 0 aliphatic carbocycles. The molecule has 2 N–H and O–H groups in total. The van der Waals surface area contributed by atoms with Gasteiger partial charge in [-0.1, -0.05) is 6.07 Å². The topological polar surface area (TPSA) is 93.6 Å². The number of nitrogens with zero attached hydrogens (tertiary/aromatic N) is 5. The Morgan fingerprint density at radius 3 is 2.62 bits per heavy atom. The minimum Gasteiger partial charge on any atom is -0.496 e. The Labute approximate surface area is 150 Å². The van der Waals surface area contributed by atoms with Gasteiger partial charge in [-0.2, -0.15) is 5.26 Å². The molecule has 0 atom stereocenters. The molecular weight excluding hydrogens is 328 g/mol. The molecule has 3 heterocycles. The Morgan fingerprint density at radius 1 is 1.15 bits per heavy atom.